The quantitative estimate of drug-likeness (QED) is 0.131. The average Bonchev–Trinajstić information content (AvgIpc) is 2.84. The molecular weight excluding hydrogens is 714 g/mol. The van der Waals surface area contributed by atoms with Crippen LogP contribution in [0, 0.1) is 7.14 Å². The van der Waals surface area contributed by atoms with Crippen LogP contribution < -0.4 is 15.4 Å². The molecule has 0 heterocycles. The van der Waals surface area contributed by atoms with Gasteiger partial charge in [-0.25, -0.2) is 17.9 Å². The first-order valence-corrected chi connectivity index (χ1v) is 14.7. The van der Waals surface area contributed by atoms with Gasteiger partial charge in [-0.2, -0.15) is 0 Å². The number of aromatic hydroxyl groups is 1. The number of halogens is 2. The number of benzene rings is 2. The number of carbonyl (C=O) groups is 2. The fourth-order valence-electron chi connectivity index (χ4n) is 3.80. The number of hydrogen-bond acceptors (Lipinski definition) is 6. The van der Waals surface area contributed by atoms with Gasteiger partial charge in [-0.3, -0.25) is 4.79 Å². The van der Waals surface area contributed by atoms with Crippen molar-refractivity contribution in [3.63, 3.8) is 0 Å². The molecule has 3 amide bonds. The highest BCUT2D eigenvalue weighted by Gasteiger charge is 2.21. The van der Waals surface area contributed by atoms with Crippen molar-refractivity contribution < 1.29 is 23.1 Å². The fraction of sp³-hybridized carbons (Fsp3) is 0.364. The number of phenolic OH excluding ortho intramolecular Hbond substituents is 1. The molecule has 2 aromatic rings. The summed E-state index contributed by atoms with van der Waals surface area (Å²) in [5.74, 6) is -0.770. The Bertz CT molecular complexity index is 1290. The van der Waals surface area contributed by atoms with Crippen LogP contribution in [0.5, 0.6) is 5.75 Å². The van der Waals surface area contributed by atoms with E-state index in [0.717, 1.165) is 37.7 Å². The van der Waals surface area contributed by atoms with Gasteiger partial charge in [0.15, 0.2) is 0 Å². The molecule has 1 aliphatic rings. The third kappa shape index (κ3) is 7.36. The zero-order valence-corrected chi connectivity index (χ0v) is 24.1. The van der Waals surface area contributed by atoms with E-state index in [1.807, 2.05) is 45.2 Å². The van der Waals surface area contributed by atoms with Gasteiger partial charge < -0.3 is 15.7 Å². The minimum Gasteiger partial charge on any atom is -0.506 e. The molecule has 1 saturated carbocycles. The molecule has 2 aromatic carbocycles. The Hall–Kier alpha value is -2.30. The van der Waals surface area contributed by atoms with Gasteiger partial charge in [-0.05, 0) is 93.7 Å². The lowest BCUT2D eigenvalue weighted by molar-refractivity contribution is 0.0951. The minimum atomic E-state index is -4.01. The number of hydrogen-bond donors (Lipinski definition) is 4. The van der Waals surface area contributed by atoms with Gasteiger partial charge in [0.2, 0.25) is 0 Å². The van der Waals surface area contributed by atoms with Crippen molar-refractivity contribution in [3.05, 3.63) is 59.0 Å². The van der Waals surface area contributed by atoms with E-state index in [1.54, 1.807) is 12.1 Å². The molecule has 192 valence electrons. The monoisotopic (exact) mass is 738 g/mol. The van der Waals surface area contributed by atoms with E-state index in [4.69, 9.17) is 5.53 Å². The molecule has 0 saturated heterocycles. The normalized spacial score (nSPS) is 13.9. The van der Waals surface area contributed by atoms with Crippen molar-refractivity contribution in [1.29, 1.82) is 0 Å². The van der Waals surface area contributed by atoms with Crippen molar-refractivity contribution in [3.8, 4) is 5.75 Å². The van der Waals surface area contributed by atoms with Gasteiger partial charge in [-0.1, -0.05) is 36.5 Å². The number of sulfonamides is 1. The molecule has 3 rings (SSSR count). The Labute approximate surface area is 235 Å². The van der Waals surface area contributed by atoms with Crippen molar-refractivity contribution in [1.82, 2.24) is 15.4 Å². The Morgan fingerprint density at radius 1 is 1.14 bits per heavy atom. The van der Waals surface area contributed by atoms with E-state index >= 15 is 0 Å². The van der Waals surface area contributed by atoms with Gasteiger partial charge >= 0.3 is 6.03 Å². The molecule has 11 nitrogen and oxygen atoms in total. The number of nitrogens with zero attached hydrogens (tertiary/aromatic N) is 3. The average molecular weight is 738 g/mol. The van der Waals surface area contributed by atoms with Gasteiger partial charge in [0, 0.05) is 21.1 Å². The van der Waals surface area contributed by atoms with Crippen molar-refractivity contribution in [2.24, 2.45) is 5.11 Å². The molecule has 0 bridgehead atoms. The van der Waals surface area contributed by atoms with Gasteiger partial charge in [0.05, 0.1) is 19.7 Å². The summed E-state index contributed by atoms with van der Waals surface area (Å²) in [5, 5.41) is 19.3. The first-order valence-electron chi connectivity index (χ1n) is 11.1. The first kappa shape index (κ1) is 28.3. The van der Waals surface area contributed by atoms with Crippen LogP contribution in [0.4, 0.5) is 10.5 Å². The number of amides is 3. The highest BCUT2D eigenvalue weighted by Crippen LogP contribution is 2.37. The molecule has 0 atom stereocenters. The molecule has 0 unspecified atom stereocenters. The molecule has 36 heavy (non-hydrogen) atoms. The second kappa shape index (κ2) is 12.8. The zero-order valence-electron chi connectivity index (χ0n) is 19.0. The van der Waals surface area contributed by atoms with Crippen LogP contribution in [0.3, 0.4) is 0 Å². The summed E-state index contributed by atoms with van der Waals surface area (Å²) in [6, 6.07) is 6.72. The van der Waals surface area contributed by atoms with Crippen molar-refractivity contribution >= 4 is 72.8 Å². The summed E-state index contributed by atoms with van der Waals surface area (Å²) in [7, 11) is -4.01. The number of nitrogens with one attached hydrogen (secondary N) is 3. The van der Waals surface area contributed by atoms with Gasteiger partial charge in [0.1, 0.15) is 5.75 Å². The van der Waals surface area contributed by atoms with E-state index < -0.39 is 22.0 Å². The van der Waals surface area contributed by atoms with Crippen LogP contribution in [0.1, 0.15) is 48.0 Å². The molecule has 1 fully saturated rings. The van der Waals surface area contributed by atoms with Crippen LogP contribution >= 0.6 is 45.2 Å². The largest absolute Gasteiger partial charge is 0.506 e. The van der Waals surface area contributed by atoms with Crippen molar-refractivity contribution in [2.75, 3.05) is 6.54 Å². The number of phenols is 1. The molecule has 14 heteroatoms. The predicted molar refractivity (Wildman–Crippen MR) is 151 cm³/mol. The molecule has 0 radical (unpaired) electrons. The summed E-state index contributed by atoms with van der Waals surface area (Å²) < 4.78 is 27.9. The summed E-state index contributed by atoms with van der Waals surface area (Å²) in [6.07, 6.45) is 5.26. The predicted octanol–water partition coefficient (Wildman–Crippen LogP) is 4.84. The lowest BCUT2D eigenvalue weighted by Crippen LogP contribution is -2.45. The van der Waals surface area contributed by atoms with Crippen LogP contribution in [-0.4, -0.2) is 38.0 Å². The second-order valence-electron chi connectivity index (χ2n) is 8.17. The van der Waals surface area contributed by atoms with Gasteiger partial charge in [-0.15, -0.1) is 0 Å². The van der Waals surface area contributed by atoms with Crippen LogP contribution in [0.2, 0.25) is 0 Å². The summed E-state index contributed by atoms with van der Waals surface area (Å²) in [5.41, 5.74) is 9.74. The highest BCUT2D eigenvalue weighted by molar-refractivity contribution is 14.1. The van der Waals surface area contributed by atoms with E-state index in [1.165, 1.54) is 18.2 Å². The van der Waals surface area contributed by atoms with E-state index in [2.05, 4.69) is 25.4 Å². The number of azide groups is 1. The number of rotatable bonds is 8. The van der Waals surface area contributed by atoms with E-state index in [9.17, 15) is 23.1 Å². The third-order valence-corrected chi connectivity index (χ3v) is 8.85. The summed E-state index contributed by atoms with van der Waals surface area (Å²) in [4.78, 5) is 27.4. The maximum Gasteiger partial charge on any atom is 0.328 e. The Morgan fingerprint density at radius 3 is 2.44 bits per heavy atom. The zero-order chi connectivity index (χ0) is 26.3. The SMILES string of the molecule is [N-]=[N+]=Nc1c(I)cc(C(=O)NCCc2ccc(S(=O)(=O)NC(=O)NC3CCCCC3)cc2)c(O)c1I. The molecule has 0 aromatic heterocycles. The van der Waals surface area contributed by atoms with E-state index in [0.29, 0.717) is 9.99 Å². The van der Waals surface area contributed by atoms with Crippen LogP contribution in [0.25, 0.3) is 10.4 Å². The molecule has 0 aliphatic heterocycles. The second-order valence-corrected chi connectivity index (χ2v) is 12.1. The molecular formula is C22H24I2N6O5S. The van der Waals surface area contributed by atoms with Crippen molar-refractivity contribution in [2.45, 2.75) is 49.5 Å². The Balaban J connectivity index is 1.55. The molecule has 4 N–H and O–H groups in total. The summed E-state index contributed by atoms with van der Waals surface area (Å²) >= 11 is 3.73. The topological polar surface area (TPSA) is 173 Å². The molecule has 1 aliphatic carbocycles. The minimum absolute atomic E-state index is 0.00984. The smallest absolute Gasteiger partial charge is 0.328 e. The Morgan fingerprint density at radius 2 is 1.81 bits per heavy atom. The standard InChI is InChI=1S/C22H24I2N6O5S/c23-17-12-16(20(31)18(24)19(17)28-30-25)21(32)26-11-10-13-6-8-15(9-7-13)36(34,35)29-22(33)27-14-4-2-1-3-5-14/h6-9,12,14,31H,1-5,10-11H2,(H,26,32)(H2,27,29,33). The molecule has 0 spiro atoms. The lowest BCUT2D eigenvalue weighted by Gasteiger charge is -2.22. The van der Waals surface area contributed by atoms with Gasteiger partial charge in [0.25, 0.3) is 15.9 Å². The first-order chi connectivity index (χ1) is 17.1. The fourth-order valence-corrected chi connectivity index (χ4v) is 6.61. The maximum absolute atomic E-state index is 12.6. The lowest BCUT2D eigenvalue weighted by atomic mass is 9.96. The van der Waals surface area contributed by atoms with Crippen LogP contribution in [-0.2, 0) is 16.4 Å². The van der Waals surface area contributed by atoms with E-state index in [-0.39, 0.29) is 38.1 Å². The number of urea groups is 1. The number of carbonyl (C=O) groups excluding carboxylic acids is 2. The third-order valence-electron chi connectivity index (χ3n) is 5.66. The van der Waals surface area contributed by atoms with Crippen LogP contribution in [0.15, 0.2) is 40.3 Å². The Kier molecular flexibility index (Phi) is 10.0. The highest BCUT2D eigenvalue weighted by atomic mass is 127. The maximum atomic E-state index is 12.6. The summed E-state index contributed by atoms with van der Waals surface area (Å²) in [6.45, 7) is 0.234.